The molecule has 1 aromatic carbocycles. The van der Waals surface area contributed by atoms with Gasteiger partial charge >= 0.3 is 0 Å². The molecule has 1 saturated heterocycles. The fraction of sp³-hybridized carbons (Fsp3) is 0.500. The van der Waals surface area contributed by atoms with E-state index >= 15 is 0 Å². The number of rotatable bonds is 2. The predicted octanol–water partition coefficient (Wildman–Crippen LogP) is 3.22. The zero-order valence-electron chi connectivity index (χ0n) is 10.7. The van der Waals surface area contributed by atoms with E-state index in [-0.39, 0.29) is 12.2 Å². The van der Waals surface area contributed by atoms with Crippen molar-refractivity contribution in [2.24, 2.45) is 0 Å². The number of benzene rings is 1. The summed E-state index contributed by atoms with van der Waals surface area (Å²) in [6, 6.07) is 7.67. The van der Waals surface area contributed by atoms with Crippen molar-refractivity contribution >= 4 is 17.3 Å². The highest BCUT2D eigenvalue weighted by atomic mass is 35.5. The summed E-state index contributed by atoms with van der Waals surface area (Å²) in [6.07, 6.45) is 1.33. The first-order chi connectivity index (χ1) is 8.65. The van der Waals surface area contributed by atoms with Crippen molar-refractivity contribution in [3.8, 4) is 6.07 Å². The van der Waals surface area contributed by atoms with E-state index in [0.29, 0.717) is 10.6 Å². The molecular weight excluding hydrogens is 248 g/mol. The highest BCUT2D eigenvalue weighted by molar-refractivity contribution is 6.33. The first-order valence-electron chi connectivity index (χ1n) is 6.24. The third-order valence-electron chi connectivity index (χ3n) is 3.21. The maximum Gasteiger partial charge on any atom is 0.101 e. The van der Waals surface area contributed by atoms with Crippen LogP contribution in [0.3, 0.4) is 0 Å². The minimum Gasteiger partial charge on any atom is -0.372 e. The Labute approximate surface area is 113 Å². The summed E-state index contributed by atoms with van der Waals surface area (Å²) in [5, 5.41) is 9.83. The molecular formula is C14H17ClN2O. The minimum atomic E-state index is 0.159. The van der Waals surface area contributed by atoms with Crippen LogP contribution < -0.4 is 4.90 Å². The second kappa shape index (κ2) is 5.60. The van der Waals surface area contributed by atoms with Gasteiger partial charge < -0.3 is 9.64 Å². The molecule has 3 nitrogen and oxygen atoms in total. The van der Waals surface area contributed by atoms with Crippen molar-refractivity contribution in [2.75, 3.05) is 18.0 Å². The van der Waals surface area contributed by atoms with Gasteiger partial charge in [0.2, 0.25) is 0 Å². The minimum absolute atomic E-state index is 0.159. The van der Waals surface area contributed by atoms with E-state index in [4.69, 9.17) is 16.3 Å². The van der Waals surface area contributed by atoms with Crippen LogP contribution in [0.4, 0.5) is 5.69 Å². The molecule has 4 heteroatoms. The van der Waals surface area contributed by atoms with E-state index < -0.39 is 0 Å². The number of hydrogen-bond acceptors (Lipinski definition) is 3. The number of morpholine rings is 1. The molecule has 2 rings (SSSR count). The molecule has 2 unspecified atom stereocenters. The molecule has 96 valence electrons. The van der Waals surface area contributed by atoms with Crippen LogP contribution in [0.2, 0.25) is 5.02 Å². The molecule has 0 saturated carbocycles. The van der Waals surface area contributed by atoms with Gasteiger partial charge in [-0.25, -0.2) is 0 Å². The molecule has 18 heavy (non-hydrogen) atoms. The summed E-state index contributed by atoms with van der Waals surface area (Å²) in [7, 11) is 0. The van der Waals surface area contributed by atoms with Crippen LogP contribution >= 0.6 is 11.6 Å². The highest BCUT2D eigenvalue weighted by Crippen LogP contribution is 2.32. The monoisotopic (exact) mass is 264 g/mol. The van der Waals surface area contributed by atoms with Crippen LogP contribution in [0.15, 0.2) is 18.2 Å². The third kappa shape index (κ3) is 2.60. The second-order valence-electron chi connectivity index (χ2n) is 4.63. The topological polar surface area (TPSA) is 36.3 Å². The molecule has 0 spiro atoms. The van der Waals surface area contributed by atoms with E-state index in [9.17, 15) is 5.26 Å². The Morgan fingerprint density at radius 2 is 2.28 bits per heavy atom. The molecule has 0 N–H and O–H groups in total. The number of nitrogens with zero attached hydrogens (tertiary/aromatic N) is 2. The lowest BCUT2D eigenvalue weighted by atomic mass is 10.1. The van der Waals surface area contributed by atoms with E-state index in [1.807, 2.05) is 18.2 Å². The standard InChI is InChI=1S/C14H17ClN2O/c1-3-12-9-17(8-10(2)18-12)14-11(7-16)5-4-6-13(14)15/h4-6,10,12H,3,8-9H2,1-2H3. The van der Waals surface area contributed by atoms with Crippen molar-refractivity contribution in [3.05, 3.63) is 28.8 Å². The molecule has 1 heterocycles. The first-order valence-corrected chi connectivity index (χ1v) is 6.62. The van der Waals surface area contributed by atoms with Gasteiger partial charge in [-0.2, -0.15) is 5.26 Å². The van der Waals surface area contributed by atoms with Crippen LogP contribution in [0.1, 0.15) is 25.8 Å². The van der Waals surface area contributed by atoms with Gasteiger partial charge in [0.05, 0.1) is 28.5 Å². The first kappa shape index (κ1) is 13.2. The molecule has 0 radical (unpaired) electrons. The quantitative estimate of drug-likeness (QED) is 0.823. The third-order valence-corrected chi connectivity index (χ3v) is 3.51. The number of ether oxygens (including phenoxy) is 1. The number of anilines is 1. The summed E-state index contributed by atoms with van der Waals surface area (Å²) in [5.41, 5.74) is 1.47. The van der Waals surface area contributed by atoms with Crippen molar-refractivity contribution in [3.63, 3.8) is 0 Å². The largest absolute Gasteiger partial charge is 0.372 e. The Morgan fingerprint density at radius 3 is 2.94 bits per heavy atom. The summed E-state index contributed by atoms with van der Waals surface area (Å²) in [5.74, 6) is 0. The number of halogens is 1. The molecule has 0 aromatic heterocycles. The molecule has 2 atom stereocenters. The van der Waals surface area contributed by atoms with Gasteiger partial charge in [-0.1, -0.05) is 24.6 Å². The van der Waals surface area contributed by atoms with Crippen LogP contribution in [-0.2, 0) is 4.74 Å². The predicted molar refractivity (Wildman–Crippen MR) is 73.0 cm³/mol. The summed E-state index contributed by atoms with van der Waals surface area (Å²) >= 11 is 6.25. The van der Waals surface area contributed by atoms with Crippen molar-refractivity contribution < 1.29 is 4.74 Å². The molecule has 0 amide bonds. The lowest BCUT2D eigenvalue weighted by molar-refractivity contribution is -0.0172. The van der Waals surface area contributed by atoms with Gasteiger partial charge in [-0.3, -0.25) is 0 Å². The van der Waals surface area contributed by atoms with E-state index in [1.165, 1.54) is 0 Å². The molecule has 1 fully saturated rings. The van der Waals surface area contributed by atoms with Crippen molar-refractivity contribution in [1.29, 1.82) is 5.26 Å². The molecule has 1 aliphatic heterocycles. The second-order valence-corrected chi connectivity index (χ2v) is 5.04. The normalized spacial score (nSPS) is 23.8. The van der Waals surface area contributed by atoms with Gasteiger partial charge in [0, 0.05) is 13.1 Å². The van der Waals surface area contributed by atoms with Crippen molar-refractivity contribution in [1.82, 2.24) is 0 Å². The fourth-order valence-corrected chi connectivity index (χ4v) is 2.67. The lowest BCUT2D eigenvalue weighted by Crippen LogP contribution is -2.46. The SMILES string of the molecule is CCC1CN(c2c(Cl)cccc2C#N)CC(C)O1. The van der Waals surface area contributed by atoms with Gasteiger partial charge in [-0.05, 0) is 25.5 Å². The number of hydrogen-bond donors (Lipinski definition) is 0. The van der Waals surface area contributed by atoms with Gasteiger partial charge in [0.15, 0.2) is 0 Å². The average Bonchev–Trinajstić information content (AvgIpc) is 2.37. The zero-order chi connectivity index (χ0) is 13.1. The number of para-hydroxylation sites is 1. The Balaban J connectivity index is 2.33. The van der Waals surface area contributed by atoms with Gasteiger partial charge in [0.1, 0.15) is 6.07 Å². The zero-order valence-corrected chi connectivity index (χ0v) is 11.4. The van der Waals surface area contributed by atoms with Crippen LogP contribution in [0.5, 0.6) is 0 Å². The van der Waals surface area contributed by atoms with E-state index in [0.717, 1.165) is 25.2 Å². The Hall–Kier alpha value is -1.24. The Bertz CT molecular complexity index is 469. The van der Waals surface area contributed by atoms with Crippen molar-refractivity contribution in [2.45, 2.75) is 32.5 Å². The average molecular weight is 265 g/mol. The molecule has 1 aliphatic rings. The Morgan fingerprint density at radius 1 is 1.50 bits per heavy atom. The summed E-state index contributed by atoms with van der Waals surface area (Å²) in [6.45, 7) is 5.73. The lowest BCUT2D eigenvalue weighted by Gasteiger charge is -2.38. The molecule has 0 bridgehead atoms. The number of nitriles is 1. The highest BCUT2D eigenvalue weighted by Gasteiger charge is 2.26. The maximum absolute atomic E-state index is 9.20. The van der Waals surface area contributed by atoms with E-state index in [2.05, 4.69) is 24.8 Å². The van der Waals surface area contributed by atoms with Crippen LogP contribution in [0.25, 0.3) is 0 Å². The van der Waals surface area contributed by atoms with Gasteiger partial charge in [-0.15, -0.1) is 0 Å². The van der Waals surface area contributed by atoms with Crippen LogP contribution in [0, 0.1) is 11.3 Å². The van der Waals surface area contributed by atoms with Gasteiger partial charge in [0.25, 0.3) is 0 Å². The Kier molecular flexibility index (Phi) is 4.11. The van der Waals surface area contributed by atoms with Crippen LogP contribution in [-0.4, -0.2) is 25.3 Å². The molecule has 0 aliphatic carbocycles. The maximum atomic E-state index is 9.20. The summed E-state index contributed by atoms with van der Waals surface area (Å²) < 4.78 is 5.83. The molecule has 1 aromatic rings. The smallest absolute Gasteiger partial charge is 0.101 e. The fourth-order valence-electron chi connectivity index (χ4n) is 2.38. The summed E-state index contributed by atoms with van der Waals surface area (Å²) in [4.78, 5) is 2.17. The van der Waals surface area contributed by atoms with E-state index in [1.54, 1.807) is 0 Å².